The average Bonchev–Trinajstić information content (AvgIpc) is 2.84. The highest BCUT2D eigenvalue weighted by Crippen LogP contribution is 2.33. The number of carbonyl (C=O) groups is 2. The summed E-state index contributed by atoms with van der Waals surface area (Å²) < 4.78 is 45.1. The maximum Gasteiger partial charge on any atom is 0.258 e. The lowest BCUT2D eigenvalue weighted by Crippen LogP contribution is -2.46. The topological polar surface area (TPSA) is 91.6 Å². The molecule has 0 radical (unpaired) electrons. The van der Waals surface area contributed by atoms with E-state index in [0.717, 1.165) is 37.2 Å². The van der Waals surface area contributed by atoms with Crippen LogP contribution in [-0.4, -0.2) is 54.9 Å². The van der Waals surface area contributed by atoms with Gasteiger partial charge < -0.3 is 20.9 Å². The first-order valence-corrected chi connectivity index (χ1v) is 11.8. The minimum absolute atomic E-state index is 0.0393. The van der Waals surface area contributed by atoms with Gasteiger partial charge in [-0.25, -0.2) is 13.2 Å². The van der Waals surface area contributed by atoms with Crippen molar-refractivity contribution in [2.45, 2.75) is 19.4 Å². The molecule has 0 spiro atoms. The maximum absolute atomic E-state index is 15.6. The van der Waals surface area contributed by atoms with Crippen LogP contribution in [0, 0.1) is 23.4 Å². The zero-order valence-electron chi connectivity index (χ0n) is 20.8. The monoisotopic (exact) mass is 511 g/mol. The fraction of sp³-hybridized carbons (Fsp3) is 0.296. The van der Waals surface area contributed by atoms with Crippen molar-refractivity contribution in [1.82, 2.24) is 9.88 Å². The Balaban J connectivity index is 1.69. The Hall–Kier alpha value is -3.92. The molecule has 1 aliphatic heterocycles. The maximum atomic E-state index is 15.6. The molecule has 0 saturated carbocycles. The smallest absolute Gasteiger partial charge is 0.258 e. The third-order valence-electron chi connectivity index (χ3n) is 6.30. The number of amides is 2. The summed E-state index contributed by atoms with van der Waals surface area (Å²) in [5, 5.41) is 2.65. The third kappa shape index (κ3) is 5.43. The normalized spacial score (nSPS) is 17.4. The number of carbonyl (C=O) groups excluding carboxylic acids is 2. The molecular weight excluding hydrogens is 483 g/mol. The van der Waals surface area contributed by atoms with Crippen LogP contribution in [0.3, 0.4) is 0 Å². The van der Waals surface area contributed by atoms with Crippen LogP contribution in [0.25, 0.3) is 11.1 Å². The summed E-state index contributed by atoms with van der Waals surface area (Å²) >= 11 is 0. The van der Waals surface area contributed by atoms with Crippen LogP contribution in [0.1, 0.15) is 34.1 Å². The molecule has 0 unspecified atom stereocenters. The van der Waals surface area contributed by atoms with Gasteiger partial charge in [0.25, 0.3) is 11.8 Å². The molecule has 7 nitrogen and oxygen atoms in total. The van der Waals surface area contributed by atoms with Crippen LogP contribution >= 0.6 is 0 Å². The van der Waals surface area contributed by atoms with E-state index in [2.05, 4.69) is 17.2 Å². The van der Waals surface area contributed by atoms with Gasteiger partial charge >= 0.3 is 0 Å². The largest absolute Gasteiger partial charge is 0.368 e. The van der Waals surface area contributed by atoms with Crippen molar-refractivity contribution in [1.29, 1.82) is 0 Å². The van der Waals surface area contributed by atoms with E-state index in [1.54, 1.807) is 12.3 Å². The van der Waals surface area contributed by atoms with Gasteiger partial charge in [-0.15, -0.1) is 0 Å². The van der Waals surface area contributed by atoms with Gasteiger partial charge in [0.15, 0.2) is 0 Å². The number of hydrogen-bond acceptors (Lipinski definition) is 5. The highest BCUT2D eigenvalue weighted by Gasteiger charge is 2.26. The van der Waals surface area contributed by atoms with Crippen molar-refractivity contribution < 1.29 is 22.8 Å². The van der Waals surface area contributed by atoms with Gasteiger partial charge in [-0.1, -0.05) is 6.92 Å². The molecule has 1 saturated heterocycles. The van der Waals surface area contributed by atoms with Gasteiger partial charge in [0, 0.05) is 50.6 Å². The number of nitrogens with one attached hydrogen (secondary N) is 1. The minimum atomic E-state index is -1.25. The molecule has 2 heterocycles. The van der Waals surface area contributed by atoms with Gasteiger partial charge in [-0.05, 0) is 48.7 Å². The van der Waals surface area contributed by atoms with Gasteiger partial charge in [-0.3, -0.25) is 14.6 Å². The Morgan fingerprint density at radius 3 is 2.51 bits per heavy atom. The summed E-state index contributed by atoms with van der Waals surface area (Å²) in [6.07, 6.45) is 3.90. The molecule has 2 atom stereocenters. The highest BCUT2D eigenvalue weighted by atomic mass is 19.1. The Labute approximate surface area is 213 Å². The molecule has 0 bridgehead atoms. The fourth-order valence-corrected chi connectivity index (χ4v) is 4.63. The van der Waals surface area contributed by atoms with Crippen molar-refractivity contribution in [2.24, 2.45) is 11.7 Å². The molecule has 194 valence electrons. The molecule has 1 aromatic heterocycles. The van der Waals surface area contributed by atoms with Crippen molar-refractivity contribution in [3.05, 3.63) is 77.4 Å². The van der Waals surface area contributed by atoms with Crippen LogP contribution in [0.4, 0.5) is 24.5 Å². The lowest BCUT2D eigenvalue weighted by atomic mass is 9.96. The average molecular weight is 512 g/mol. The summed E-state index contributed by atoms with van der Waals surface area (Å²) in [6.45, 7) is 3.38. The first-order valence-electron chi connectivity index (χ1n) is 11.8. The number of piperidine rings is 1. The van der Waals surface area contributed by atoms with Gasteiger partial charge in [0.05, 0.1) is 28.7 Å². The van der Waals surface area contributed by atoms with Crippen LogP contribution in [0.15, 0.2) is 48.8 Å². The van der Waals surface area contributed by atoms with E-state index >= 15 is 4.39 Å². The van der Waals surface area contributed by atoms with Gasteiger partial charge in [-0.2, -0.15) is 0 Å². The number of nitrogens with zero attached hydrogens (tertiary/aromatic N) is 3. The Morgan fingerprint density at radius 1 is 1.08 bits per heavy atom. The predicted octanol–water partition coefficient (Wildman–Crippen LogP) is 4.29. The van der Waals surface area contributed by atoms with Crippen molar-refractivity contribution >= 4 is 23.2 Å². The molecule has 1 fully saturated rings. The molecule has 1 aliphatic rings. The number of benzene rings is 2. The van der Waals surface area contributed by atoms with E-state index < -0.39 is 46.0 Å². The second-order valence-corrected chi connectivity index (χ2v) is 9.53. The summed E-state index contributed by atoms with van der Waals surface area (Å²) in [6, 6.07) is 6.83. The molecule has 4 rings (SSSR count). The summed E-state index contributed by atoms with van der Waals surface area (Å²) in [5.74, 6) is -4.24. The summed E-state index contributed by atoms with van der Waals surface area (Å²) in [4.78, 5) is 32.8. The Morgan fingerprint density at radius 2 is 1.81 bits per heavy atom. The Kier molecular flexibility index (Phi) is 7.49. The molecule has 10 heteroatoms. The molecule has 3 N–H and O–H groups in total. The lowest BCUT2D eigenvalue weighted by molar-refractivity contribution is 0.0827. The molecular formula is C27H28F3N5O2. The number of aromatic nitrogens is 1. The van der Waals surface area contributed by atoms with Gasteiger partial charge in [0.1, 0.15) is 17.5 Å². The second kappa shape index (κ2) is 10.6. The van der Waals surface area contributed by atoms with E-state index in [9.17, 15) is 18.4 Å². The summed E-state index contributed by atoms with van der Waals surface area (Å²) in [5.41, 5.74) is 5.55. The van der Waals surface area contributed by atoms with E-state index in [1.165, 1.54) is 31.3 Å². The van der Waals surface area contributed by atoms with E-state index in [1.807, 2.05) is 4.90 Å². The van der Waals surface area contributed by atoms with Crippen LogP contribution in [-0.2, 0) is 0 Å². The van der Waals surface area contributed by atoms with E-state index in [4.69, 9.17) is 5.73 Å². The number of anilines is 2. The van der Waals surface area contributed by atoms with Crippen LogP contribution in [0.5, 0.6) is 0 Å². The summed E-state index contributed by atoms with van der Waals surface area (Å²) in [7, 11) is 3.00. The van der Waals surface area contributed by atoms with E-state index in [0.29, 0.717) is 23.8 Å². The van der Waals surface area contributed by atoms with Crippen LogP contribution < -0.4 is 16.0 Å². The fourth-order valence-electron chi connectivity index (χ4n) is 4.63. The zero-order valence-corrected chi connectivity index (χ0v) is 20.8. The number of halogens is 3. The first kappa shape index (κ1) is 26.2. The number of hydrogen-bond donors (Lipinski definition) is 2. The van der Waals surface area contributed by atoms with Gasteiger partial charge in [0.2, 0.25) is 0 Å². The zero-order chi connectivity index (χ0) is 26.9. The molecule has 0 aliphatic carbocycles. The SMILES string of the molecule is C[C@@H]1C[C@H](N)CN(c2ccncc2NC(=O)c2ccc(F)c(-c3cc(C(=O)N(C)C)ccc3F)c2F)C1. The number of rotatable bonds is 5. The molecule has 2 aromatic carbocycles. The highest BCUT2D eigenvalue weighted by molar-refractivity contribution is 6.07. The van der Waals surface area contributed by atoms with Crippen LogP contribution in [0.2, 0.25) is 0 Å². The predicted molar refractivity (Wildman–Crippen MR) is 136 cm³/mol. The van der Waals surface area contributed by atoms with Crippen molar-refractivity contribution in [3.8, 4) is 11.1 Å². The molecule has 3 aromatic rings. The van der Waals surface area contributed by atoms with E-state index in [-0.39, 0.29) is 11.6 Å². The Bertz CT molecular complexity index is 1340. The molecule has 37 heavy (non-hydrogen) atoms. The minimum Gasteiger partial charge on any atom is -0.368 e. The van der Waals surface area contributed by atoms with Crippen molar-refractivity contribution in [3.63, 3.8) is 0 Å². The number of pyridine rings is 1. The number of nitrogens with two attached hydrogens (primary N) is 1. The standard InChI is InChI=1S/C27H28F3N5O2/c1-15-10-17(31)14-35(13-15)23-8-9-32-12-22(23)33-26(36)18-5-7-21(29)24(25(18)30)19-11-16(4-6-20(19)28)27(37)34(2)3/h4-9,11-12,15,17H,10,13-14,31H2,1-3H3,(H,33,36)/t15-,17+/m1/s1. The van der Waals surface area contributed by atoms with Crippen molar-refractivity contribution in [2.75, 3.05) is 37.4 Å². The second-order valence-electron chi connectivity index (χ2n) is 9.53. The quantitative estimate of drug-likeness (QED) is 0.533. The first-order chi connectivity index (χ1) is 17.6. The lowest BCUT2D eigenvalue weighted by Gasteiger charge is -2.37. The third-order valence-corrected chi connectivity index (χ3v) is 6.30. The molecule has 2 amide bonds.